The Balaban J connectivity index is 2.71. The van der Waals surface area contributed by atoms with Crippen LogP contribution in [0.4, 0.5) is 0 Å². The summed E-state index contributed by atoms with van der Waals surface area (Å²) in [5.41, 5.74) is 11.0. The van der Waals surface area contributed by atoms with Gasteiger partial charge in [-0.05, 0) is 19.3 Å². The van der Waals surface area contributed by atoms with Gasteiger partial charge < -0.3 is 11.5 Å². The van der Waals surface area contributed by atoms with Gasteiger partial charge in [0.15, 0.2) is 9.84 Å². The van der Waals surface area contributed by atoms with Crippen molar-refractivity contribution in [3.63, 3.8) is 0 Å². The van der Waals surface area contributed by atoms with Crippen LogP contribution < -0.4 is 11.5 Å². The van der Waals surface area contributed by atoms with Crippen molar-refractivity contribution >= 4 is 9.84 Å². The molecule has 2 atom stereocenters. The lowest BCUT2D eigenvalue weighted by molar-refractivity contribution is 0.450. The van der Waals surface area contributed by atoms with Gasteiger partial charge in [0.25, 0.3) is 0 Å². The standard InChI is InChI=1S/C8H18N2O2S/c1-2-13(11,12)7-3-4-8(10,5-7)6-9/h7H,2-6,9-10H2,1H3. The van der Waals surface area contributed by atoms with E-state index >= 15 is 0 Å². The molecule has 0 aromatic rings. The molecule has 0 amide bonds. The van der Waals surface area contributed by atoms with Gasteiger partial charge in [0.1, 0.15) is 0 Å². The maximum Gasteiger partial charge on any atom is 0.152 e. The van der Waals surface area contributed by atoms with Crippen molar-refractivity contribution in [2.24, 2.45) is 11.5 Å². The van der Waals surface area contributed by atoms with Gasteiger partial charge in [-0.3, -0.25) is 0 Å². The molecule has 0 aromatic heterocycles. The smallest absolute Gasteiger partial charge is 0.152 e. The molecular formula is C8H18N2O2S. The van der Waals surface area contributed by atoms with Crippen LogP contribution in [0.1, 0.15) is 26.2 Å². The summed E-state index contributed by atoms with van der Waals surface area (Å²) >= 11 is 0. The number of hydrogen-bond acceptors (Lipinski definition) is 4. The molecule has 1 aliphatic rings. The Hall–Kier alpha value is -0.130. The van der Waals surface area contributed by atoms with Crippen LogP contribution in [0.5, 0.6) is 0 Å². The number of rotatable bonds is 3. The molecule has 5 heteroatoms. The van der Waals surface area contributed by atoms with Gasteiger partial charge >= 0.3 is 0 Å². The average molecular weight is 206 g/mol. The molecule has 0 heterocycles. The lowest BCUT2D eigenvalue weighted by Gasteiger charge is -2.21. The molecule has 4 N–H and O–H groups in total. The van der Waals surface area contributed by atoms with E-state index in [-0.39, 0.29) is 11.0 Å². The van der Waals surface area contributed by atoms with E-state index in [9.17, 15) is 8.42 Å². The first-order valence-corrected chi connectivity index (χ1v) is 6.35. The van der Waals surface area contributed by atoms with E-state index in [1.165, 1.54) is 0 Å². The predicted molar refractivity (Wildman–Crippen MR) is 53.1 cm³/mol. The highest BCUT2D eigenvalue weighted by Crippen LogP contribution is 2.31. The van der Waals surface area contributed by atoms with Crippen molar-refractivity contribution in [1.82, 2.24) is 0 Å². The van der Waals surface area contributed by atoms with Crippen LogP contribution in [0.25, 0.3) is 0 Å². The largest absolute Gasteiger partial charge is 0.329 e. The molecule has 4 nitrogen and oxygen atoms in total. The quantitative estimate of drug-likeness (QED) is 0.659. The van der Waals surface area contributed by atoms with Crippen molar-refractivity contribution in [2.45, 2.75) is 37.0 Å². The second kappa shape index (κ2) is 3.55. The highest BCUT2D eigenvalue weighted by Gasteiger charge is 2.40. The van der Waals surface area contributed by atoms with Crippen LogP contribution in [-0.4, -0.2) is 31.5 Å². The first-order valence-electron chi connectivity index (χ1n) is 4.64. The fraction of sp³-hybridized carbons (Fsp3) is 1.00. The SMILES string of the molecule is CCS(=O)(=O)C1CCC(N)(CN)C1. The number of sulfone groups is 1. The minimum Gasteiger partial charge on any atom is -0.329 e. The minimum atomic E-state index is -2.91. The maximum atomic E-state index is 11.5. The summed E-state index contributed by atoms with van der Waals surface area (Å²) in [6.07, 6.45) is 1.93. The molecule has 1 fully saturated rings. The Morgan fingerprint density at radius 2 is 2.15 bits per heavy atom. The van der Waals surface area contributed by atoms with E-state index in [1.807, 2.05) is 0 Å². The van der Waals surface area contributed by atoms with Gasteiger partial charge in [0.05, 0.1) is 5.25 Å². The van der Waals surface area contributed by atoms with E-state index in [4.69, 9.17) is 11.5 Å². The monoisotopic (exact) mass is 206 g/mol. The van der Waals surface area contributed by atoms with E-state index in [2.05, 4.69) is 0 Å². The van der Waals surface area contributed by atoms with Gasteiger partial charge in [-0.1, -0.05) is 6.92 Å². The van der Waals surface area contributed by atoms with Crippen molar-refractivity contribution in [2.75, 3.05) is 12.3 Å². The first-order chi connectivity index (χ1) is 5.93. The molecule has 0 bridgehead atoms. The molecule has 1 aliphatic carbocycles. The molecule has 2 unspecified atom stereocenters. The summed E-state index contributed by atoms with van der Waals surface area (Å²) in [6, 6.07) is 0. The van der Waals surface area contributed by atoms with E-state index in [0.29, 0.717) is 19.4 Å². The van der Waals surface area contributed by atoms with Crippen LogP contribution in [0.15, 0.2) is 0 Å². The fourth-order valence-corrected chi connectivity index (χ4v) is 3.37. The van der Waals surface area contributed by atoms with Crippen LogP contribution in [0.3, 0.4) is 0 Å². The van der Waals surface area contributed by atoms with Crippen molar-refractivity contribution < 1.29 is 8.42 Å². The van der Waals surface area contributed by atoms with Gasteiger partial charge in [0.2, 0.25) is 0 Å². The molecule has 1 saturated carbocycles. The summed E-state index contributed by atoms with van der Waals surface area (Å²) in [5.74, 6) is 0.207. The maximum absolute atomic E-state index is 11.5. The van der Waals surface area contributed by atoms with Crippen molar-refractivity contribution in [3.8, 4) is 0 Å². The zero-order chi connectivity index (χ0) is 10.1. The van der Waals surface area contributed by atoms with Gasteiger partial charge in [-0.25, -0.2) is 8.42 Å². The second-order valence-electron chi connectivity index (χ2n) is 3.88. The third kappa shape index (κ3) is 2.21. The Kier molecular flexibility index (Phi) is 2.99. The molecule has 0 aliphatic heterocycles. The minimum absolute atomic E-state index is 0.207. The van der Waals surface area contributed by atoms with Crippen LogP contribution >= 0.6 is 0 Å². The Morgan fingerprint density at radius 1 is 1.54 bits per heavy atom. The number of nitrogens with two attached hydrogens (primary N) is 2. The summed E-state index contributed by atoms with van der Waals surface area (Å²) in [5, 5.41) is -0.258. The average Bonchev–Trinajstić information content (AvgIpc) is 2.50. The summed E-state index contributed by atoms with van der Waals surface area (Å²) in [4.78, 5) is 0. The Morgan fingerprint density at radius 3 is 2.54 bits per heavy atom. The third-order valence-corrected chi connectivity index (χ3v) is 5.14. The lowest BCUT2D eigenvalue weighted by Crippen LogP contribution is -2.45. The molecular weight excluding hydrogens is 188 g/mol. The van der Waals surface area contributed by atoms with Gasteiger partial charge in [-0.15, -0.1) is 0 Å². The summed E-state index contributed by atoms with van der Waals surface area (Å²) in [7, 11) is -2.91. The van der Waals surface area contributed by atoms with Crippen molar-refractivity contribution in [1.29, 1.82) is 0 Å². The van der Waals surface area contributed by atoms with Gasteiger partial charge in [-0.2, -0.15) is 0 Å². The Labute approximate surface area is 79.6 Å². The zero-order valence-corrected chi connectivity index (χ0v) is 8.81. The van der Waals surface area contributed by atoms with E-state index < -0.39 is 15.4 Å². The highest BCUT2D eigenvalue weighted by atomic mass is 32.2. The fourth-order valence-electron chi connectivity index (χ4n) is 1.83. The highest BCUT2D eigenvalue weighted by molar-refractivity contribution is 7.92. The normalized spacial score (nSPS) is 35.2. The van der Waals surface area contributed by atoms with Crippen LogP contribution in [0.2, 0.25) is 0 Å². The Bertz CT molecular complexity index is 276. The van der Waals surface area contributed by atoms with Gasteiger partial charge in [0, 0.05) is 17.8 Å². The summed E-state index contributed by atoms with van der Waals surface area (Å²) in [6.45, 7) is 2.05. The van der Waals surface area contributed by atoms with Crippen LogP contribution in [0, 0.1) is 0 Å². The molecule has 0 radical (unpaired) electrons. The lowest BCUT2D eigenvalue weighted by atomic mass is 10.0. The summed E-state index contributed by atoms with van der Waals surface area (Å²) < 4.78 is 23.0. The van der Waals surface area contributed by atoms with E-state index in [1.54, 1.807) is 6.92 Å². The predicted octanol–water partition coefficient (Wildman–Crippen LogP) is -0.370. The van der Waals surface area contributed by atoms with Crippen molar-refractivity contribution in [3.05, 3.63) is 0 Å². The molecule has 13 heavy (non-hydrogen) atoms. The van der Waals surface area contributed by atoms with Crippen LogP contribution in [-0.2, 0) is 9.84 Å². The van der Waals surface area contributed by atoms with E-state index in [0.717, 1.165) is 6.42 Å². The second-order valence-corrected chi connectivity index (χ2v) is 6.45. The topological polar surface area (TPSA) is 86.2 Å². The number of hydrogen-bond donors (Lipinski definition) is 2. The molecule has 0 saturated heterocycles. The zero-order valence-electron chi connectivity index (χ0n) is 7.99. The molecule has 78 valence electrons. The molecule has 1 rings (SSSR count). The third-order valence-electron chi connectivity index (χ3n) is 2.92. The molecule has 0 aromatic carbocycles. The molecule has 0 spiro atoms. The first kappa shape index (κ1) is 10.9.